The van der Waals surface area contributed by atoms with E-state index in [2.05, 4.69) is 0 Å². The average Bonchev–Trinajstić information content (AvgIpc) is 3.22. The number of amides is 1. The van der Waals surface area contributed by atoms with Gasteiger partial charge in [0.05, 0.1) is 5.02 Å². The topological polar surface area (TPSA) is 135 Å². The third kappa shape index (κ3) is 5.90. The average molecular weight is 529 g/mol. The zero-order valence-corrected chi connectivity index (χ0v) is 20.6. The Kier molecular flexibility index (Phi) is 8.12. The highest BCUT2D eigenvalue weighted by Crippen LogP contribution is 2.42. The first-order chi connectivity index (χ1) is 15.5. The summed E-state index contributed by atoms with van der Waals surface area (Å²) in [5.74, 6) is -1.76. The number of thioether (sulfide) groups is 2. The molecule has 8 nitrogen and oxygen atoms in total. The van der Waals surface area contributed by atoms with E-state index in [1.165, 1.54) is 28.8 Å². The van der Waals surface area contributed by atoms with Gasteiger partial charge < -0.3 is 10.0 Å². The van der Waals surface area contributed by atoms with Crippen LogP contribution in [0, 0.1) is 5.92 Å². The summed E-state index contributed by atoms with van der Waals surface area (Å²) in [7, 11) is -4.10. The highest BCUT2D eigenvalue weighted by Gasteiger charge is 2.43. The third-order valence-electron chi connectivity index (χ3n) is 4.98. The minimum atomic E-state index is -4.10. The summed E-state index contributed by atoms with van der Waals surface area (Å²) in [6.45, 7) is 1.63. The van der Waals surface area contributed by atoms with Crippen LogP contribution in [0.2, 0.25) is 5.02 Å². The Balaban J connectivity index is 1.74. The molecule has 1 saturated heterocycles. The van der Waals surface area contributed by atoms with Gasteiger partial charge in [0.15, 0.2) is 0 Å². The number of hydrogen-bond donors (Lipinski definition) is 2. The Morgan fingerprint density at radius 3 is 2.52 bits per heavy atom. The van der Waals surface area contributed by atoms with Crippen molar-refractivity contribution in [1.29, 1.82) is 0 Å². The van der Waals surface area contributed by atoms with Gasteiger partial charge in [-0.2, -0.15) is 0 Å². The van der Waals surface area contributed by atoms with E-state index < -0.39 is 38.4 Å². The van der Waals surface area contributed by atoms with Gasteiger partial charge in [0.25, 0.3) is 0 Å². The molecule has 0 saturated carbocycles. The summed E-state index contributed by atoms with van der Waals surface area (Å²) < 4.78 is 23.3. The molecule has 1 amide bonds. The maximum atomic E-state index is 13.2. The number of sulfonamides is 1. The molecule has 2 aromatic rings. The SMILES string of the molecule is C[C@H](CSC(=O)c1ccc(Cl)c(S(N)(=O)=O)c1)C(=O)N1C(c2ccccc2)SC[C@H]1C(=O)O. The maximum absolute atomic E-state index is 13.2. The number of nitrogens with two attached hydrogens (primary N) is 1. The zero-order chi connectivity index (χ0) is 24.3. The van der Waals surface area contributed by atoms with E-state index in [0.29, 0.717) is 0 Å². The molecule has 1 unspecified atom stereocenters. The van der Waals surface area contributed by atoms with Crippen LogP contribution in [0.25, 0.3) is 0 Å². The summed E-state index contributed by atoms with van der Waals surface area (Å²) in [5.41, 5.74) is 0.905. The van der Waals surface area contributed by atoms with Crippen molar-refractivity contribution in [2.75, 3.05) is 11.5 Å². The van der Waals surface area contributed by atoms with Crippen LogP contribution in [0.1, 0.15) is 28.2 Å². The van der Waals surface area contributed by atoms with E-state index in [0.717, 1.165) is 23.4 Å². The Bertz CT molecular complexity index is 1180. The number of aliphatic carboxylic acids is 1. The first-order valence-electron chi connectivity index (χ1n) is 9.71. The van der Waals surface area contributed by atoms with Gasteiger partial charge in [0.1, 0.15) is 16.3 Å². The Morgan fingerprint density at radius 2 is 1.91 bits per heavy atom. The number of carboxylic acid groups (broad SMARTS) is 1. The van der Waals surface area contributed by atoms with Crippen LogP contribution in [0.3, 0.4) is 0 Å². The van der Waals surface area contributed by atoms with E-state index >= 15 is 0 Å². The number of carbonyl (C=O) groups is 3. The molecular formula is C21H21ClN2O6S3. The molecule has 12 heteroatoms. The minimum Gasteiger partial charge on any atom is -0.480 e. The number of hydrogen-bond acceptors (Lipinski definition) is 7. The fraction of sp³-hybridized carbons (Fsp3) is 0.286. The monoisotopic (exact) mass is 528 g/mol. The number of carboxylic acids is 1. The van der Waals surface area contributed by atoms with Crippen molar-refractivity contribution in [3.63, 3.8) is 0 Å². The fourth-order valence-corrected chi connectivity index (χ4v) is 6.64. The van der Waals surface area contributed by atoms with Gasteiger partial charge in [-0.25, -0.2) is 18.4 Å². The first-order valence-corrected chi connectivity index (χ1v) is 13.7. The molecule has 2 aromatic carbocycles. The highest BCUT2D eigenvalue weighted by atomic mass is 35.5. The summed E-state index contributed by atoms with van der Waals surface area (Å²) in [6.07, 6.45) is 0. The van der Waals surface area contributed by atoms with Gasteiger partial charge in [0.2, 0.25) is 21.0 Å². The van der Waals surface area contributed by atoms with Crippen LogP contribution < -0.4 is 5.14 Å². The number of halogens is 1. The number of carbonyl (C=O) groups excluding carboxylic acids is 2. The summed E-state index contributed by atoms with van der Waals surface area (Å²) >= 11 is 8.07. The van der Waals surface area contributed by atoms with E-state index in [-0.39, 0.29) is 32.9 Å². The lowest BCUT2D eigenvalue weighted by molar-refractivity contribution is -0.150. The molecule has 0 radical (unpaired) electrons. The van der Waals surface area contributed by atoms with E-state index in [4.69, 9.17) is 16.7 Å². The van der Waals surface area contributed by atoms with Crippen molar-refractivity contribution in [3.05, 3.63) is 64.7 Å². The van der Waals surface area contributed by atoms with E-state index in [1.807, 2.05) is 30.3 Å². The molecule has 1 aliphatic rings. The molecule has 0 bridgehead atoms. The maximum Gasteiger partial charge on any atom is 0.327 e. The molecule has 1 fully saturated rings. The van der Waals surface area contributed by atoms with Gasteiger partial charge in [0, 0.05) is 23.0 Å². The Hall–Kier alpha value is -2.05. The van der Waals surface area contributed by atoms with Crippen molar-refractivity contribution in [2.24, 2.45) is 11.1 Å². The van der Waals surface area contributed by atoms with Crippen LogP contribution in [0.4, 0.5) is 0 Å². The van der Waals surface area contributed by atoms with Gasteiger partial charge >= 0.3 is 5.97 Å². The Labute approximate surface area is 204 Å². The first kappa shape index (κ1) is 25.6. The lowest BCUT2D eigenvalue weighted by Gasteiger charge is -2.30. The normalized spacial score (nSPS) is 19.3. The summed E-state index contributed by atoms with van der Waals surface area (Å²) in [5, 5.41) is 13.8. The second-order valence-corrected chi connectivity index (χ2v) is 11.4. The standard InChI is InChI=1S/C21H21ClN2O6S3/c1-12(10-32-21(28)14-7-8-15(22)17(9-14)33(23,29)30)18(25)24-16(20(26)27)11-31-19(24)13-5-3-2-4-6-13/h2-9,12,16,19H,10-11H2,1H3,(H,26,27)(H2,23,29,30)/t12-,16+,19?/m1/s1. The molecule has 0 aromatic heterocycles. The van der Waals surface area contributed by atoms with E-state index in [1.54, 1.807) is 6.92 Å². The zero-order valence-electron chi connectivity index (χ0n) is 17.4. The highest BCUT2D eigenvalue weighted by molar-refractivity contribution is 8.14. The van der Waals surface area contributed by atoms with Crippen LogP contribution in [-0.2, 0) is 19.6 Å². The van der Waals surface area contributed by atoms with Crippen LogP contribution >= 0.6 is 35.1 Å². The van der Waals surface area contributed by atoms with Crippen molar-refractivity contribution in [2.45, 2.75) is 23.2 Å². The number of nitrogens with zero attached hydrogens (tertiary/aromatic N) is 1. The second-order valence-electron chi connectivity index (χ2n) is 7.39. The quantitative estimate of drug-likeness (QED) is 0.559. The fourth-order valence-electron chi connectivity index (χ4n) is 3.30. The van der Waals surface area contributed by atoms with Crippen molar-refractivity contribution in [3.8, 4) is 0 Å². The lowest BCUT2D eigenvalue weighted by Crippen LogP contribution is -2.45. The summed E-state index contributed by atoms with van der Waals surface area (Å²) in [6, 6.07) is 12.0. The molecular weight excluding hydrogens is 508 g/mol. The number of primary sulfonamides is 1. The van der Waals surface area contributed by atoms with Crippen LogP contribution in [0.5, 0.6) is 0 Å². The molecule has 3 rings (SSSR count). The number of benzene rings is 2. The minimum absolute atomic E-state index is 0.0791. The predicted octanol–water partition coefficient (Wildman–Crippen LogP) is 3.22. The molecule has 0 spiro atoms. The molecule has 3 N–H and O–H groups in total. The molecule has 1 aliphatic heterocycles. The Morgan fingerprint density at radius 1 is 1.24 bits per heavy atom. The van der Waals surface area contributed by atoms with Crippen molar-refractivity contribution < 1.29 is 27.9 Å². The van der Waals surface area contributed by atoms with Gasteiger partial charge in [-0.3, -0.25) is 9.59 Å². The van der Waals surface area contributed by atoms with E-state index in [9.17, 15) is 27.9 Å². The second kappa shape index (κ2) is 10.5. The van der Waals surface area contributed by atoms with Crippen LogP contribution in [-0.4, -0.2) is 53.0 Å². The van der Waals surface area contributed by atoms with Crippen molar-refractivity contribution in [1.82, 2.24) is 4.90 Å². The summed E-state index contributed by atoms with van der Waals surface area (Å²) in [4.78, 5) is 38.6. The smallest absolute Gasteiger partial charge is 0.327 e. The number of rotatable bonds is 7. The predicted molar refractivity (Wildman–Crippen MR) is 129 cm³/mol. The van der Waals surface area contributed by atoms with Gasteiger partial charge in [-0.15, -0.1) is 11.8 Å². The lowest BCUT2D eigenvalue weighted by atomic mass is 10.1. The molecule has 33 heavy (non-hydrogen) atoms. The van der Waals surface area contributed by atoms with Gasteiger partial charge in [-0.1, -0.05) is 60.6 Å². The largest absolute Gasteiger partial charge is 0.480 e. The third-order valence-corrected chi connectivity index (χ3v) is 8.86. The van der Waals surface area contributed by atoms with Gasteiger partial charge in [-0.05, 0) is 23.8 Å². The molecule has 1 heterocycles. The molecule has 176 valence electrons. The molecule has 0 aliphatic carbocycles. The van der Waals surface area contributed by atoms with Crippen LogP contribution in [0.15, 0.2) is 53.4 Å². The molecule has 3 atom stereocenters. The van der Waals surface area contributed by atoms with Crippen molar-refractivity contribution >= 4 is 62.1 Å².